The summed E-state index contributed by atoms with van der Waals surface area (Å²) in [5.41, 5.74) is -5.53. The topological polar surface area (TPSA) is 109 Å². The minimum absolute atomic E-state index is 0.118. The quantitative estimate of drug-likeness (QED) is 0.329. The molecule has 0 radical (unpaired) electrons. The van der Waals surface area contributed by atoms with Crippen LogP contribution in [0, 0.1) is 0 Å². The third-order valence-electron chi connectivity index (χ3n) is 1.77. The standard InChI is InChI=1S/C7H17NO3S.CHF3O3S/c1-8(2,3)6-4-5-7-12(9,10)11;2-1(3,4)8(5,6)7/h4-7H2,1-3H3;(H,5,6,7)/p+1. The van der Waals surface area contributed by atoms with Gasteiger partial charge in [0.15, 0.2) is 0 Å². The van der Waals surface area contributed by atoms with Crippen LogP contribution in [-0.2, 0) is 20.2 Å². The maximum absolute atomic E-state index is 10.7. The molecule has 0 spiro atoms. The normalized spacial score (nSPS) is 13.6. The first-order valence-electron chi connectivity index (χ1n) is 5.25. The predicted molar refractivity (Wildman–Crippen MR) is 66.2 cm³/mol. The van der Waals surface area contributed by atoms with Crippen LogP contribution in [0.25, 0.3) is 0 Å². The van der Waals surface area contributed by atoms with Crippen LogP contribution in [-0.4, -0.2) is 69.4 Å². The van der Waals surface area contributed by atoms with Crippen LogP contribution in [0.1, 0.15) is 12.8 Å². The van der Waals surface area contributed by atoms with E-state index in [1.807, 2.05) is 21.1 Å². The maximum atomic E-state index is 10.7. The second kappa shape index (κ2) is 7.54. The zero-order chi connectivity index (χ0) is 16.8. The fourth-order valence-corrected chi connectivity index (χ4v) is 1.44. The average Bonchev–Trinajstić information content (AvgIpc) is 2.07. The number of hydrogen-bond acceptors (Lipinski definition) is 4. The van der Waals surface area contributed by atoms with Crippen LogP contribution < -0.4 is 0 Å². The van der Waals surface area contributed by atoms with E-state index in [-0.39, 0.29) is 5.75 Å². The molecule has 2 N–H and O–H groups in total. The molecule has 0 saturated heterocycles. The van der Waals surface area contributed by atoms with E-state index in [0.717, 1.165) is 17.4 Å². The van der Waals surface area contributed by atoms with Crippen molar-refractivity contribution in [3.8, 4) is 0 Å². The van der Waals surface area contributed by atoms with Crippen molar-refractivity contribution in [2.75, 3.05) is 33.4 Å². The largest absolute Gasteiger partial charge is 0.522 e. The molecule has 0 aliphatic heterocycles. The Kier molecular flexibility index (Phi) is 8.24. The molecule has 0 aromatic carbocycles. The van der Waals surface area contributed by atoms with Gasteiger partial charge in [-0.25, -0.2) is 0 Å². The monoisotopic (exact) mass is 346 g/mol. The molecule has 12 heteroatoms. The zero-order valence-electron chi connectivity index (χ0n) is 11.3. The predicted octanol–water partition coefficient (Wildman–Crippen LogP) is 0.755. The first-order valence-corrected chi connectivity index (χ1v) is 8.30. The van der Waals surface area contributed by atoms with Crippen molar-refractivity contribution in [2.24, 2.45) is 0 Å². The van der Waals surface area contributed by atoms with Gasteiger partial charge in [-0.2, -0.15) is 30.0 Å². The molecule has 0 fully saturated rings. The van der Waals surface area contributed by atoms with Gasteiger partial charge < -0.3 is 4.48 Å². The number of halogens is 3. The summed E-state index contributed by atoms with van der Waals surface area (Å²) >= 11 is 0. The number of hydrogen-bond donors (Lipinski definition) is 2. The molecule has 0 saturated carbocycles. The van der Waals surface area contributed by atoms with Gasteiger partial charge in [-0.1, -0.05) is 0 Å². The van der Waals surface area contributed by atoms with Gasteiger partial charge in [0.2, 0.25) is 0 Å². The molecule has 0 atom stereocenters. The Morgan fingerprint density at radius 3 is 1.50 bits per heavy atom. The van der Waals surface area contributed by atoms with Crippen molar-refractivity contribution in [1.82, 2.24) is 0 Å². The molecule has 0 unspecified atom stereocenters. The fraction of sp³-hybridized carbons (Fsp3) is 1.00. The van der Waals surface area contributed by atoms with E-state index < -0.39 is 25.7 Å². The van der Waals surface area contributed by atoms with E-state index in [9.17, 15) is 21.6 Å². The number of quaternary nitrogens is 1. The van der Waals surface area contributed by atoms with Gasteiger partial charge in [0.05, 0.1) is 33.4 Å². The first kappa shape index (κ1) is 21.9. The van der Waals surface area contributed by atoms with Crippen molar-refractivity contribution in [1.29, 1.82) is 0 Å². The Bertz CT molecular complexity index is 477. The summed E-state index contributed by atoms with van der Waals surface area (Å²) in [7, 11) is -3.44. The van der Waals surface area contributed by atoms with Crippen LogP contribution in [0.2, 0.25) is 0 Å². The van der Waals surface area contributed by atoms with E-state index in [4.69, 9.17) is 17.5 Å². The van der Waals surface area contributed by atoms with Gasteiger partial charge in [0.1, 0.15) is 0 Å². The summed E-state index contributed by atoms with van der Waals surface area (Å²) in [5, 5.41) is 0. The Morgan fingerprint density at radius 2 is 1.30 bits per heavy atom. The Balaban J connectivity index is 0. The molecule has 124 valence electrons. The summed E-state index contributed by atoms with van der Waals surface area (Å²) in [5.74, 6) is -0.118. The summed E-state index contributed by atoms with van der Waals surface area (Å²) in [6, 6.07) is 0. The molecule has 20 heavy (non-hydrogen) atoms. The highest BCUT2D eigenvalue weighted by Gasteiger charge is 2.44. The lowest BCUT2D eigenvalue weighted by Gasteiger charge is -2.23. The maximum Gasteiger partial charge on any atom is 0.522 e. The first-order chi connectivity index (χ1) is 8.46. The highest BCUT2D eigenvalue weighted by Crippen LogP contribution is 2.20. The molecule has 7 nitrogen and oxygen atoms in total. The molecule has 0 aliphatic rings. The number of alkyl halides is 3. The minimum atomic E-state index is -5.84. The third-order valence-corrected chi connectivity index (χ3v) is 3.16. The second-order valence-electron chi connectivity index (χ2n) is 4.93. The summed E-state index contributed by atoms with van der Waals surface area (Å²) in [6.07, 6.45) is 1.36. The van der Waals surface area contributed by atoms with Gasteiger partial charge in [0, 0.05) is 0 Å². The van der Waals surface area contributed by atoms with Gasteiger partial charge in [0.25, 0.3) is 10.1 Å². The van der Waals surface area contributed by atoms with E-state index in [1.54, 1.807) is 0 Å². The van der Waals surface area contributed by atoms with Crippen LogP contribution in [0.4, 0.5) is 13.2 Å². The van der Waals surface area contributed by atoms with Crippen molar-refractivity contribution in [3.63, 3.8) is 0 Å². The number of unbranched alkanes of at least 4 members (excludes halogenated alkanes) is 1. The minimum Gasteiger partial charge on any atom is -0.331 e. The van der Waals surface area contributed by atoms with Crippen LogP contribution in [0.15, 0.2) is 0 Å². The average molecular weight is 346 g/mol. The number of nitrogens with zero attached hydrogens (tertiary/aromatic N) is 1. The lowest BCUT2D eigenvalue weighted by Crippen LogP contribution is -2.35. The molecule has 0 heterocycles. The Hall–Kier alpha value is -0.430. The molecular formula is C8H19F3NO6S2+. The zero-order valence-corrected chi connectivity index (χ0v) is 12.9. The summed E-state index contributed by atoms with van der Waals surface area (Å²) in [4.78, 5) is 0. The molecule has 0 amide bonds. The second-order valence-corrected chi connectivity index (χ2v) is 7.91. The van der Waals surface area contributed by atoms with E-state index in [2.05, 4.69) is 0 Å². The van der Waals surface area contributed by atoms with Gasteiger partial charge in [-0.05, 0) is 12.8 Å². The van der Waals surface area contributed by atoms with Crippen LogP contribution >= 0.6 is 0 Å². The van der Waals surface area contributed by atoms with Gasteiger partial charge in [-0.3, -0.25) is 9.11 Å². The van der Waals surface area contributed by atoms with E-state index in [1.165, 1.54) is 0 Å². The Labute approximate surface area is 116 Å². The third kappa shape index (κ3) is 15.6. The van der Waals surface area contributed by atoms with Crippen LogP contribution in [0.3, 0.4) is 0 Å². The number of rotatable bonds is 5. The fourth-order valence-electron chi connectivity index (χ4n) is 0.871. The molecule has 0 bridgehead atoms. The highest BCUT2D eigenvalue weighted by atomic mass is 32.2. The smallest absolute Gasteiger partial charge is 0.331 e. The van der Waals surface area contributed by atoms with Gasteiger partial charge >= 0.3 is 15.6 Å². The molecule has 0 aromatic heterocycles. The van der Waals surface area contributed by atoms with Gasteiger partial charge in [-0.15, -0.1) is 0 Å². The van der Waals surface area contributed by atoms with Crippen molar-refractivity contribution in [2.45, 2.75) is 18.3 Å². The Morgan fingerprint density at radius 1 is 0.950 bits per heavy atom. The lowest BCUT2D eigenvalue weighted by atomic mass is 10.3. The van der Waals surface area contributed by atoms with Crippen molar-refractivity contribution < 1.29 is 43.6 Å². The van der Waals surface area contributed by atoms with E-state index >= 15 is 0 Å². The molecule has 0 aliphatic carbocycles. The van der Waals surface area contributed by atoms with Crippen molar-refractivity contribution in [3.05, 3.63) is 0 Å². The summed E-state index contributed by atoms with van der Waals surface area (Å²) < 4.78 is 87.4. The summed E-state index contributed by atoms with van der Waals surface area (Å²) in [6.45, 7) is 0.926. The SMILES string of the molecule is C[N+](C)(C)CCCCS(=O)(=O)O.O=S(=O)(O)C(F)(F)F. The highest BCUT2D eigenvalue weighted by molar-refractivity contribution is 7.86. The molecular weight excluding hydrogens is 327 g/mol. The molecule has 0 rings (SSSR count). The lowest BCUT2D eigenvalue weighted by molar-refractivity contribution is -0.870. The molecule has 0 aromatic rings. The van der Waals surface area contributed by atoms with Crippen LogP contribution in [0.5, 0.6) is 0 Å². The van der Waals surface area contributed by atoms with Crippen molar-refractivity contribution >= 4 is 20.2 Å². The van der Waals surface area contributed by atoms with E-state index in [0.29, 0.717) is 6.42 Å².